The molecule has 2 atom stereocenters. The molecule has 2 aromatic rings. The predicted octanol–water partition coefficient (Wildman–Crippen LogP) is 1.97. The van der Waals surface area contributed by atoms with Crippen LogP contribution >= 0.6 is 11.3 Å². The van der Waals surface area contributed by atoms with E-state index in [1.54, 1.807) is 17.5 Å². The van der Waals surface area contributed by atoms with Crippen molar-refractivity contribution in [1.29, 1.82) is 0 Å². The smallest absolute Gasteiger partial charge is 0.234 e. The molecule has 2 aromatic heterocycles. The summed E-state index contributed by atoms with van der Waals surface area (Å²) in [6.07, 6.45) is 3.84. The maximum absolute atomic E-state index is 12.1. The van der Waals surface area contributed by atoms with Crippen molar-refractivity contribution in [2.24, 2.45) is 0 Å². The summed E-state index contributed by atoms with van der Waals surface area (Å²) in [4.78, 5) is 15.5. The highest BCUT2D eigenvalue weighted by Crippen LogP contribution is 2.18. The van der Waals surface area contributed by atoms with Gasteiger partial charge in [0.1, 0.15) is 0 Å². The van der Waals surface area contributed by atoms with Gasteiger partial charge in [-0.15, -0.1) is 16.4 Å². The first-order valence-corrected chi connectivity index (χ1v) is 9.19. The summed E-state index contributed by atoms with van der Waals surface area (Å²) < 4.78 is 0. The first-order valence-electron chi connectivity index (χ1n) is 8.31. The Bertz CT molecular complexity index is 634. The molecule has 0 aromatic carbocycles. The molecule has 0 unspecified atom stereocenters. The molecule has 24 heavy (non-hydrogen) atoms. The summed E-state index contributed by atoms with van der Waals surface area (Å²) in [7, 11) is 0. The normalized spacial score (nSPS) is 19.0. The second-order valence-electron chi connectivity index (χ2n) is 6.05. The van der Waals surface area contributed by atoms with E-state index in [1.165, 1.54) is 4.88 Å². The Kier molecular flexibility index (Phi) is 5.77. The molecule has 6 nitrogen and oxygen atoms in total. The van der Waals surface area contributed by atoms with E-state index in [0.717, 1.165) is 31.7 Å². The van der Waals surface area contributed by atoms with Crippen molar-refractivity contribution in [3.63, 3.8) is 0 Å². The molecule has 0 bridgehead atoms. The second-order valence-corrected chi connectivity index (χ2v) is 7.03. The lowest BCUT2D eigenvalue weighted by Gasteiger charge is -2.33. The van der Waals surface area contributed by atoms with Crippen LogP contribution in [-0.2, 0) is 4.79 Å². The van der Waals surface area contributed by atoms with Gasteiger partial charge < -0.3 is 15.5 Å². The zero-order valence-corrected chi connectivity index (χ0v) is 14.6. The molecule has 0 aliphatic carbocycles. The largest absolute Gasteiger partial charge is 0.354 e. The predicted molar refractivity (Wildman–Crippen MR) is 96.1 cm³/mol. The Hall–Kier alpha value is -1.99. The first-order chi connectivity index (χ1) is 11.7. The molecule has 0 saturated carbocycles. The van der Waals surface area contributed by atoms with Gasteiger partial charge in [-0.1, -0.05) is 6.07 Å². The van der Waals surface area contributed by atoms with Crippen LogP contribution in [0.2, 0.25) is 0 Å². The van der Waals surface area contributed by atoms with Crippen LogP contribution in [0.5, 0.6) is 0 Å². The molecule has 0 radical (unpaired) electrons. The number of nitrogens with zero attached hydrogens (tertiary/aromatic N) is 3. The van der Waals surface area contributed by atoms with Crippen LogP contribution in [0.3, 0.4) is 0 Å². The Morgan fingerprint density at radius 2 is 2.38 bits per heavy atom. The third kappa shape index (κ3) is 4.52. The van der Waals surface area contributed by atoms with Crippen LogP contribution < -0.4 is 15.5 Å². The molecule has 128 valence electrons. The van der Waals surface area contributed by atoms with E-state index in [-0.39, 0.29) is 11.9 Å². The van der Waals surface area contributed by atoms with Crippen LogP contribution in [0.1, 0.15) is 30.7 Å². The molecule has 3 rings (SSSR count). The van der Waals surface area contributed by atoms with Crippen molar-refractivity contribution in [1.82, 2.24) is 20.8 Å². The Morgan fingerprint density at radius 3 is 3.12 bits per heavy atom. The zero-order valence-electron chi connectivity index (χ0n) is 13.8. The van der Waals surface area contributed by atoms with Crippen molar-refractivity contribution < 1.29 is 4.79 Å². The van der Waals surface area contributed by atoms with Crippen molar-refractivity contribution in [3.8, 4) is 0 Å². The van der Waals surface area contributed by atoms with E-state index in [1.807, 2.05) is 36.6 Å². The van der Waals surface area contributed by atoms with E-state index in [9.17, 15) is 4.79 Å². The van der Waals surface area contributed by atoms with Gasteiger partial charge in [-0.3, -0.25) is 4.79 Å². The minimum atomic E-state index is 0.0347. The lowest BCUT2D eigenvalue weighted by molar-refractivity contribution is -0.121. The summed E-state index contributed by atoms with van der Waals surface area (Å²) in [6.45, 7) is 4.19. The van der Waals surface area contributed by atoms with Crippen LogP contribution in [0.15, 0.2) is 35.8 Å². The van der Waals surface area contributed by atoms with Crippen LogP contribution in [0.25, 0.3) is 0 Å². The lowest BCUT2D eigenvalue weighted by Crippen LogP contribution is -2.49. The summed E-state index contributed by atoms with van der Waals surface area (Å²) in [5.74, 6) is 0.937. The van der Waals surface area contributed by atoms with E-state index in [2.05, 4.69) is 25.7 Å². The number of anilines is 1. The van der Waals surface area contributed by atoms with Gasteiger partial charge in [0.2, 0.25) is 5.91 Å². The fraction of sp³-hybridized carbons (Fsp3) is 0.471. The molecule has 7 heteroatoms. The number of carbonyl (C=O) groups is 1. The summed E-state index contributed by atoms with van der Waals surface area (Å²) in [6, 6.07) is 8.28. The van der Waals surface area contributed by atoms with E-state index >= 15 is 0 Å². The molecular formula is C17H23N5OS. The average molecular weight is 345 g/mol. The van der Waals surface area contributed by atoms with Gasteiger partial charge in [0.25, 0.3) is 0 Å². The number of piperidine rings is 1. The number of hydrogen-bond donors (Lipinski definition) is 2. The van der Waals surface area contributed by atoms with Gasteiger partial charge >= 0.3 is 0 Å². The number of amides is 1. The van der Waals surface area contributed by atoms with Gasteiger partial charge in [-0.25, -0.2) is 0 Å². The van der Waals surface area contributed by atoms with Crippen LogP contribution in [0, 0.1) is 0 Å². The maximum Gasteiger partial charge on any atom is 0.234 e. The fourth-order valence-corrected chi connectivity index (χ4v) is 3.69. The van der Waals surface area contributed by atoms with E-state index in [4.69, 9.17) is 0 Å². The number of carbonyl (C=O) groups excluding carboxylic acids is 1. The fourth-order valence-electron chi connectivity index (χ4n) is 2.95. The monoisotopic (exact) mass is 345 g/mol. The topological polar surface area (TPSA) is 70.2 Å². The molecule has 1 fully saturated rings. The zero-order chi connectivity index (χ0) is 16.8. The molecule has 1 amide bonds. The maximum atomic E-state index is 12.1. The van der Waals surface area contributed by atoms with Crippen molar-refractivity contribution in [2.45, 2.75) is 31.8 Å². The molecule has 1 aliphatic rings. The van der Waals surface area contributed by atoms with Gasteiger partial charge in [0.05, 0.1) is 12.6 Å². The summed E-state index contributed by atoms with van der Waals surface area (Å²) >= 11 is 1.66. The molecular weight excluding hydrogens is 322 g/mol. The van der Waals surface area contributed by atoms with E-state index in [0.29, 0.717) is 12.6 Å². The van der Waals surface area contributed by atoms with Crippen LogP contribution in [-0.4, -0.2) is 41.8 Å². The molecule has 3 heterocycles. The first kappa shape index (κ1) is 16.9. The summed E-state index contributed by atoms with van der Waals surface area (Å²) in [5.41, 5.74) is 0. The Balaban J connectivity index is 1.45. The van der Waals surface area contributed by atoms with Crippen molar-refractivity contribution >= 4 is 23.1 Å². The average Bonchev–Trinajstić information content (AvgIpc) is 3.16. The number of hydrogen-bond acceptors (Lipinski definition) is 6. The molecule has 1 saturated heterocycles. The highest BCUT2D eigenvalue weighted by Gasteiger charge is 2.21. The number of thiophene rings is 1. The van der Waals surface area contributed by atoms with E-state index < -0.39 is 0 Å². The third-order valence-electron chi connectivity index (χ3n) is 4.20. The minimum Gasteiger partial charge on any atom is -0.354 e. The highest BCUT2D eigenvalue weighted by atomic mass is 32.1. The van der Waals surface area contributed by atoms with Crippen LogP contribution in [0.4, 0.5) is 5.82 Å². The number of aromatic nitrogens is 2. The van der Waals surface area contributed by atoms with Crippen molar-refractivity contribution in [2.75, 3.05) is 24.5 Å². The van der Waals surface area contributed by atoms with Gasteiger partial charge in [0, 0.05) is 30.2 Å². The lowest BCUT2D eigenvalue weighted by atomic mass is 10.1. The second kappa shape index (κ2) is 8.21. The molecule has 1 aliphatic heterocycles. The Morgan fingerprint density at radius 1 is 1.46 bits per heavy atom. The number of rotatable bonds is 6. The highest BCUT2D eigenvalue weighted by molar-refractivity contribution is 7.10. The molecule has 2 N–H and O–H groups in total. The summed E-state index contributed by atoms with van der Waals surface area (Å²) in [5, 5.41) is 16.5. The standard InChI is InChI=1S/C17H23N5OS/c1-13(15-6-4-10-24-15)20-17(23)11-18-14-5-3-9-22(12-14)16-7-2-8-19-21-16/h2,4,6-8,10,13-14,18H,3,5,9,11-12H2,1H3,(H,20,23)/t13-,14-/m1/s1. The number of nitrogens with one attached hydrogen (secondary N) is 2. The van der Waals surface area contributed by atoms with Crippen molar-refractivity contribution in [3.05, 3.63) is 40.7 Å². The molecule has 0 spiro atoms. The SMILES string of the molecule is C[C@@H](NC(=O)CN[C@@H]1CCCN(c2cccnn2)C1)c1cccs1. The minimum absolute atomic E-state index is 0.0347. The third-order valence-corrected chi connectivity index (χ3v) is 5.26. The van der Waals surface area contributed by atoms with Gasteiger partial charge in [-0.05, 0) is 43.3 Å². The van der Waals surface area contributed by atoms with Gasteiger partial charge in [0.15, 0.2) is 5.82 Å². The Labute approximate surface area is 146 Å². The quantitative estimate of drug-likeness (QED) is 0.838. The van der Waals surface area contributed by atoms with Gasteiger partial charge in [-0.2, -0.15) is 5.10 Å².